The molecule has 1 atom stereocenters. The van der Waals surface area contributed by atoms with Gasteiger partial charge in [0, 0.05) is 49.4 Å². The van der Waals surface area contributed by atoms with Crippen LogP contribution in [0.2, 0.25) is 0 Å². The van der Waals surface area contributed by atoms with Gasteiger partial charge in [-0.15, -0.1) is 0 Å². The molecule has 2 aliphatic heterocycles. The predicted octanol–water partition coefficient (Wildman–Crippen LogP) is 4.04. The summed E-state index contributed by atoms with van der Waals surface area (Å²) in [5, 5.41) is 3.02. The number of ether oxygens (including phenoxy) is 1. The summed E-state index contributed by atoms with van der Waals surface area (Å²) in [4.78, 5) is 29.4. The van der Waals surface area contributed by atoms with Crippen LogP contribution in [0.3, 0.4) is 0 Å². The Balaban J connectivity index is 1.18. The number of hydrogen-bond acceptors (Lipinski definition) is 5. The van der Waals surface area contributed by atoms with E-state index in [1.54, 1.807) is 6.92 Å². The SMILES string of the molecule is CC(=O)c1ccccc1-c1ccc2c(c1)C[C@H](CNC(=O)c1ccc(N3CCN(C)CC3)cc1)O2. The lowest BCUT2D eigenvalue weighted by atomic mass is 9.95. The average Bonchev–Trinajstić information content (AvgIpc) is 3.30. The first-order valence-corrected chi connectivity index (χ1v) is 12.2. The van der Waals surface area contributed by atoms with Crippen LogP contribution in [0, 0.1) is 0 Å². The fourth-order valence-corrected chi connectivity index (χ4v) is 4.84. The summed E-state index contributed by atoms with van der Waals surface area (Å²) in [7, 11) is 2.14. The molecule has 1 amide bonds. The zero-order valence-corrected chi connectivity index (χ0v) is 20.3. The number of benzene rings is 3. The summed E-state index contributed by atoms with van der Waals surface area (Å²) < 4.78 is 6.08. The Kier molecular flexibility index (Phi) is 6.55. The maximum absolute atomic E-state index is 12.7. The van der Waals surface area contributed by atoms with Gasteiger partial charge in [0.25, 0.3) is 5.91 Å². The van der Waals surface area contributed by atoms with Crippen molar-refractivity contribution in [3.63, 3.8) is 0 Å². The number of carbonyl (C=O) groups excluding carboxylic acids is 2. The number of fused-ring (bicyclic) bond motifs is 1. The van der Waals surface area contributed by atoms with Crippen molar-refractivity contribution in [3.8, 4) is 16.9 Å². The van der Waals surface area contributed by atoms with Gasteiger partial charge < -0.3 is 19.9 Å². The van der Waals surface area contributed by atoms with Crippen LogP contribution >= 0.6 is 0 Å². The van der Waals surface area contributed by atoms with E-state index in [1.165, 1.54) is 0 Å². The molecule has 0 unspecified atom stereocenters. The molecule has 1 saturated heterocycles. The molecule has 1 fully saturated rings. The monoisotopic (exact) mass is 469 g/mol. The summed E-state index contributed by atoms with van der Waals surface area (Å²) in [5.74, 6) is 0.796. The number of hydrogen-bond donors (Lipinski definition) is 1. The lowest BCUT2D eigenvalue weighted by Gasteiger charge is -2.34. The van der Waals surface area contributed by atoms with Gasteiger partial charge in [-0.3, -0.25) is 9.59 Å². The highest BCUT2D eigenvalue weighted by molar-refractivity contribution is 6.00. The number of Topliss-reactive ketones (excluding diaryl/α,β-unsaturated/α-hetero) is 1. The fraction of sp³-hybridized carbons (Fsp3) is 0.310. The van der Waals surface area contributed by atoms with Crippen LogP contribution in [-0.2, 0) is 6.42 Å². The Morgan fingerprint density at radius 3 is 2.46 bits per heavy atom. The third kappa shape index (κ3) is 5.08. The molecule has 0 aliphatic carbocycles. The van der Waals surface area contributed by atoms with Crippen molar-refractivity contribution < 1.29 is 14.3 Å². The summed E-state index contributed by atoms with van der Waals surface area (Å²) >= 11 is 0. The van der Waals surface area contributed by atoms with Gasteiger partial charge in [0.15, 0.2) is 5.78 Å². The first kappa shape index (κ1) is 23.1. The summed E-state index contributed by atoms with van der Waals surface area (Å²) in [6.45, 7) is 6.14. The van der Waals surface area contributed by atoms with Crippen molar-refractivity contribution in [3.05, 3.63) is 83.4 Å². The van der Waals surface area contributed by atoms with Gasteiger partial charge in [-0.05, 0) is 67.1 Å². The largest absolute Gasteiger partial charge is 0.488 e. The molecule has 0 bridgehead atoms. The number of nitrogens with zero attached hydrogens (tertiary/aromatic N) is 2. The third-order valence-electron chi connectivity index (χ3n) is 6.91. The number of amides is 1. The number of ketones is 1. The predicted molar refractivity (Wildman–Crippen MR) is 138 cm³/mol. The van der Waals surface area contributed by atoms with Crippen molar-refractivity contribution in [2.45, 2.75) is 19.4 Å². The average molecular weight is 470 g/mol. The number of likely N-dealkylation sites (N-methyl/N-ethyl adjacent to an activating group) is 1. The van der Waals surface area contributed by atoms with Gasteiger partial charge in [0.2, 0.25) is 0 Å². The van der Waals surface area contributed by atoms with Crippen molar-refractivity contribution in [1.29, 1.82) is 0 Å². The van der Waals surface area contributed by atoms with Crippen LogP contribution in [0.4, 0.5) is 5.69 Å². The highest BCUT2D eigenvalue weighted by Gasteiger charge is 2.24. The molecule has 2 heterocycles. The van der Waals surface area contributed by atoms with E-state index in [1.807, 2.05) is 60.7 Å². The lowest BCUT2D eigenvalue weighted by Crippen LogP contribution is -2.44. The van der Waals surface area contributed by atoms with Crippen molar-refractivity contribution in [2.75, 3.05) is 44.7 Å². The maximum Gasteiger partial charge on any atom is 0.251 e. The van der Waals surface area contributed by atoms with Crippen LogP contribution in [0.25, 0.3) is 11.1 Å². The van der Waals surface area contributed by atoms with E-state index < -0.39 is 0 Å². The molecule has 5 rings (SSSR count). The van der Waals surface area contributed by atoms with Crippen LogP contribution < -0.4 is 15.0 Å². The van der Waals surface area contributed by atoms with Gasteiger partial charge in [-0.2, -0.15) is 0 Å². The minimum Gasteiger partial charge on any atom is -0.488 e. The van der Waals surface area contributed by atoms with Gasteiger partial charge in [-0.25, -0.2) is 0 Å². The third-order valence-corrected chi connectivity index (χ3v) is 6.91. The Morgan fingerprint density at radius 2 is 1.71 bits per heavy atom. The standard InChI is InChI=1S/C29H31N3O3/c1-20(33)26-5-3-4-6-27(26)22-9-12-28-23(17-22)18-25(35-28)19-30-29(34)21-7-10-24(11-8-21)32-15-13-31(2)14-16-32/h3-12,17,25H,13-16,18-19H2,1-2H3,(H,30,34)/t25-/m1/s1. The van der Waals surface area contributed by atoms with E-state index in [2.05, 4.69) is 28.2 Å². The van der Waals surface area contributed by atoms with Gasteiger partial charge >= 0.3 is 0 Å². The molecule has 0 spiro atoms. The zero-order chi connectivity index (χ0) is 24.4. The van der Waals surface area contributed by atoms with E-state index in [9.17, 15) is 9.59 Å². The number of anilines is 1. The zero-order valence-electron chi connectivity index (χ0n) is 20.3. The molecule has 6 heteroatoms. The Morgan fingerprint density at radius 1 is 0.971 bits per heavy atom. The Labute approximate surface area is 206 Å². The molecular weight excluding hydrogens is 438 g/mol. The van der Waals surface area contributed by atoms with Crippen molar-refractivity contribution in [2.24, 2.45) is 0 Å². The van der Waals surface area contributed by atoms with E-state index in [-0.39, 0.29) is 17.8 Å². The van der Waals surface area contributed by atoms with Crippen LogP contribution in [0.5, 0.6) is 5.75 Å². The smallest absolute Gasteiger partial charge is 0.251 e. The van der Waals surface area contributed by atoms with Crippen LogP contribution in [-0.4, -0.2) is 62.5 Å². The minimum absolute atomic E-state index is 0.0505. The molecule has 3 aromatic rings. The summed E-state index contributed by atoms with van der Waals surface area (Å²) in [6, 6.07) is 21.6. The summed E-state index contributed by atoms with van der Waals surface area (Å²) in [5.41, 5.74) is 5.56. The molecule has 180 valence electrons. The normalized spacial score (nSPS) is 17.5. The van der Waals surface area contributed by atoms with Gasteiger partial charge in [-0.1, -0.05) is 30.3 Å². The van der Waals surface area contributed by atoms with Gasteiger partial charge in [0.05, 0.1) is 6.54 Å². The first-order chi connectivity index (χ1) is 17.0. The molecule has 2 aliphatic rings. The molecule has 3 aromatic carbocycles. The second-order valence-electron chi connectivity index (χ2n) is 9.42. The highest BCUT2D eigenvalue weighted by atomic mass is 16.5. The lowest BCUT2D eigenvalue weighted by molar-refractivity contribution is 0.0933. The molecule has 6 nitrogen and oxygen atoms in total. The van der Waals surface area contributed by atoms with Crippen LogP contribution in [0.1, 0.15) is 33.2 Å². The minimum atomic E-state index is -0.114. The van der Waals surface area contributed by atoms with Crippen LogP contribution in [0.15, 0.2) is 66.7 Å². The first-order valence-electron chi connectivity index (χ1n) is 12.2. The maximum atomic E-state index is 12.7. The second kappa shape index (κ2) is 9.92. The number of rotatable bonds is 6. The van der Waals surface area contributed by atoms with E-state index in [0.717, 1.165) is 54.3 Å². The molecule has 35 heavy (non-hydrogen) atoms. The number of nitrogens with one attached hydrogen (secondary N) is 1. The fourth-order valence-electron chi connectivity index (χ4n) is 4.84. The van der Waals surface area contributed by atoms with Gasteiger partial charge in [0.1, 0.15) is 11.9 Å². The van der Waals surface area contributed by atoms with E-state index in [4.69, 9.17) is 4.74 Å². The topological polar surface area (TPSA) is 61.9 Å². The molecule has 1 N–H and O–H groups in total. The van der Waals surface area contributed by atoms with Crippen molar-refractivity contribution >= 4 is 17.4 Å². The highest BCUT2D eigenvalue weighted by Crippen LogP contribution is 2.34. The molecule has 0 saturated carbocycles. The number of piperazine rings is 1. The second-order valence-corrected chi connectivity index (χ2v) is 9.42. The quantitative estimate of drug-likeness (QED) is 0.552. The van der Waals surface area contributed by atoms with E-state index in [0.29, 0.717) is 24.1 Å². The Hall–Kier alpha value is -3.64. The molecule has 0 radical (unpaired) electrons. The molecular formula is C29H31N3O3. The van der Waals surface area contributed by atoms with Crippen molar-refractivity contribution in [1.82, 2.24) is 10.2 Å². The summed E-state index contributed by atoms with van der Waals surface area (Å²) in [6.07, 6.45) is 0.602. The Bertz CT molecular complexity index is 1230. The number of carbonyl (C=O) groups is 2. The van der Waals surface area contributed by atoms with E-state index >= 15 is 0 Å². The molecule has 0 aromatic heterocycles.